The van der Waals surface area contributed by atoms with E-state index < -0.39 is 70.1 Å². The van der Waals surface area contributed by atoms with Gasteiger partial charge in [0.1, 0.15) is 66.2 Å². The van der Waals surface area contributed by atoms with Gasteiger partial charge >= 0.3 is 29.6 Å². The number of alkyl carbamates (subject to hydrolysis) is 1. The number of phosphoric ester groups is 1. The van der Waals surface area contributed by atoms with E-state index in [0.29, 0.717) is 26.1 Å². The van der Waals surface area contributed by atoms with Crippen LogP contribution in [0.1, 0.15) is 109 Å². The summed E-state index contributed by atoms with van der Waals surface area (Å²) in [7, 11) is -19.4. The van der Waals surface area contributed by atoms with E-state index in [1.165, 1.54) is 40.8 Å². The van der Waals surface area contributed by atoms with Gasteiger partial charge in [0.25, 0.3) is 15.9 Å². The van der Waals surface area contributed by atoms with E-state index in [1.807, 2.05) is 29.8 Å². The van der Waals surface area contributed by atoms with Gasteiger partial charge in [0.15, 0.2) is 0 Å². The Balaban J connectivity index is 0.753. The van der Waals surface area contributed by atoms with E-state index in [2.05, 4.69) is 128 Å². The average Bonchev–Trinajstić information content (AvgIpc) is 1.64. The minimum Gasteiger partial charge on any atom is -0.497 e. The topological polar surface area (TPSA) is 442 Å². The first-order valence-electron chi connectivity index (χ1n) is 31.9. The van der Waals surface area contributed by atoms with Crippen LogP contribution < -0.4 is 30.7 Å². The number of rotatable bonds is 37. The molecule has 1 saturated heterocycles. The van der Waals surface area contributed by atoms with Crippen molar-refractivity contribution in [3.05, 3.63) is 126 Å². The first-order chi connectivity index (χ1) is 47.4. The summed E-state index contributed by atoms with van der Waals surface area (Å²) in [5, 5.41) is 24.2. The van der Waals surface area contributed by atoms with Crippen LogP contribution in [0.4, 0.5) is 22.1 Å². The maximum absolute atomic E-state index is 12.7. The zero-order chi connectivity index (χ0) is 72.9. The highest BCUT2D eigenvalue weighted by Crippen LogP contribution is 2.66. The summed E-state index contributed by atoms with van der Waals surface area (Å²) in [6, 6.07) is 13.9. The molecule has 3 aromatic heterocycles. The molecule has 6 heterocycles. The Kier molecular flexibility index (Phi) is 28.7. The van der Waals surface area contributed by atoms with Gasteiger partial charge in [-0.2, -0.15) is 27.6 Å². The molecule has 4 aromatic rings. The summed E-state index contributed by atoms with van der Waals surface area (Å²) in [4.78, 5) is 75.1. The van der Waals surface area contributed by atoms with E-state index >= 15 is 0 Å². The van der Waals surface area contributed by atoms with Gasteiger partial charge in [0, 0.05) is 49.7 Å². The van der Waals surface area contributed by atoms with Crippen molar-refractivity contribution in [3.8, 4) is 24.0 Å². The number of aryl methyl sites for hydroxylation is 1. The second-order valence-electron chi connectivity index (χ2n) is 24.1. The maximum atomic E-state index is 12.7. The Morgan fingerprint density at radius 2 is 1.68 bits per heavy atom. The highest BCUT2D eigenvalue weighted by Gasteiger charge is 2.48. The number of carbonyl (C=O) groups excluding carboxylic acids is 2. The molecule has 36 heteroatoms. The van der Waals surface area contributed by atoms with Crippen LogP contribution in [0, 0.1) is 34.5 Å². The fraction of sp³-hybridized carbons (Fsp3) is 0.484. The zero-order valence-electron chi connectivity index (χ0n) is 56.2. The van der Waals surface area contributed by atoms with Crippen LogP contribution in [-0.2, 0) is 87.5 Å². The third kappa shape index (κ3) is 22.3. The number of phosphoric acid groups is 3. The molecule has 3 unspecified atom stereocenters. The number of nitriles is 2. The summed E-state index contributed by atoms with van der Waals surface area (Å²) in [6.45, 7) is 12.2. The van der Waals surface area contributed by atoms with Crippen LogP contribution in [0.5, 0.6) is 0 Å². The van der Waals surface area contributed by atoms with Gasteiger partial charge in [-0.3, -0.25) is 13.9 Å². The van der Waals surface area contributed by atoms with Crippen LogP contribution in [0.2, 0.25) is 0 Å². The van der Waals surface area contributed by atoms with Crippen molar-refractivity contribution in [1.82, 2.24) is 25.2 Å². The molecule has 100 heavy (non-hydrogen) atoms. The highest BCUT2D eigenvalue weighted by molar-refractivity contribution is 7.85. The van der Waals surface area contributed by atoms with Crippen LogP contribution in [0.15, 0.2) is 114 Å². The van der Waals surface area contributed by atoms with Crippen molar-refractivity contribution in [2.45, 2.75) is 133 Å². The molecule has 3 aliphatic heterocycles. The predicted molar refractivity (Wildman–Crippen MR) is 363 cm³/mol. The lowest BCUT2D eigenvalue weighted by atomic mass is 9.80. The Bertz CT molecular complexity index is 4130. The lowest BCUT2D eigenvalue weighted by Gasteiger charge is -2.32. The van der Waals surface area contributed by atoms with Crippen molar-refractivity contribution in [3.63, 3.8) is 0 Å². The molecule has 1 aromatic carbocycles. The van der Waals surface area contributed by atoms with E-state index in [9.17, 15) is 51.3 Å². The number of para-hydroxylation sites is 1. The molecular weight excluding hydrogens is 1380 g/mol. The zero-order valence-corrected chi connectivity index (χ0v) is 59.7. The largest absolute Gasteiger partial charge is 0.497 e. The number of nitrogen functional groups attached to an aromatic ring is 1. The molecule has 32 nitrogen and oxygen atoms in total. The van der Waals surface area contributed by atoms with Crippen LogP contribution in [0.25, 0.3) is 11.0 Å². The normalized spacial score (nSPS) is 19.6. The van der Waals surface area contributed by atoms with Gasteiger partial charge in [-0.25, -0.2) is 37.9 Å². The van der Waals surface area contributed by atoms with E-state index in [4.69, 9.17) is 53.7 Å². The Labute approximate surface area is 580 Å². The molecule has 2 amide bonds. The molecule has 6 atom stereocenters. The quantitative estimate of drug-likeness (QED) is 0.00315. The fourth-order valence-corrected chi connectivity index (χ4v) is 15.2. The number of nitrogens with one attached hydrogen (secondary N) is 2. The lowest BCUT2D eigenvalue weighted by Crippen LogP contribution is -2.40. The van der Waals surface area contributed by atoms with Gasteiger partial charge in [-0.15, -0.1) is 0 Å². The summed E-state index contributed by atoms with van der Waals surface area (Å²) in [5.74, 6) is 6.52. The van der Waals surface area contributed by atoms with Crippen molar-refractivity contribution < 1.29 is 102 Å². The molecule has 0 aliphatic carbocycles. The van der Waals surface area contributed by atoms with Crippen molar-refractivity contribution in [1.29, 1.82) is 10.5 Å². The SMILES string of the molecule is CCCC[n+]1cc(S(=O)(=O)O)cc2c1N(C)/C(=C/C=C/C=C/C1N(CCCCCC(=O)NCCOCCOCC/C(C#N)=C/OCCOC(=O)NCC#Cc3cn([C@H]4C[C@@H](O/C=C/C#N)[C@@H](COP(=O)(O)OP(=O)(O)OP(=O)(O)O)O4)c4ncnc(N)c34)c3ccccc3C1(C)C)C2(C)C. The Morgan fingerprint density at radius 3 is 2.41 bits per heavy atom. The fourth-order valence-electron chi connectivity index (χ4n) is 11.6. The number of hydrogen-bond donors (Lipinski definition) is 8. The number of pyridine rings is 1. The third-order valence-electron chi connectivity index (χ3n) is 16.3. The summed E-state index contributed by atoms with van der Waals surface area (Å²) in [5.41, 5.74) is 10.6. The summed E-state index contributed by atoms with van der Waals surface area (Å²) >= 11 is 0. The first-order valence-corrected chi connectivity index (χ1v) is 37.9. The summed E-state index contributed by atoms with van der Waals surface area (Å²) < 4.78 is 119. The molecule has 9 N–H and O–H groups in total. The number of hydrogen-bond acceptors (Lipinski definition) is 23. The maximum Gasteiger partial charge on any atom is 0.490 e. The molecule has 0 radical (unpaired) electrons. The van der Waals surface area contributed by atoms with Crippen molar-refractivity contribution in [2.24, 2.45) is 0 Å². The first kappa shape index (κ1) is 79.5. The van der Waals surface area contributed by atoms with E-state index in [-0.39, 0.29) is 103 Å². The molecule has 0 saturated carbocycles. The molecule has 3 aliphatic rings. The van der Waals surface area contributed by atoms with Gasteiger partial charge in [0.05, 0.1) is 117 Å². The number of fused-ring (bicyclic) bond motifs is 3. The standard InChI is InChI=1S/C64H84N11O21P3S/c1-7-8-29-73-42-48(100(85,86)87)38-50-61(73)72(6)54(64(50,4)5)22-11-9-12-23-55-63(2,3)49-20-14-15-21-51(49)74(55)30-16-10-13-24-56(76)68-28-33-89-35-34-88-32-25-46(40-66)43-90-36-37-92-62(77)69-27-17-19-47-41-75(60-58(47)59(67)70-45-71-60)57-39-52(91-31-18-26-65)53(94-57)44-93-98(81,82)96-99(83,84)95-97(78,79)80/h9,11-12,14-15,18,20-23,31,38,41-43,45,52-53,55,57H,7-8,10,13,16,24-25,27-30,32-37,39,44H2,1-6H3,(H8-,67,68,69,70,71,76,77,78,79,80,81,82,83,84,85,86,87)/p+1/b11-9+,23-12+,31-18+,46-43-,54-22+/t52-,53-,55?,57-/m1/s1. The van der Waals surface area contributed by atoms with Crippen molar-refractivity contribution in [2.75, 3.05) is 88.5 Å². The van der Waals surface area contributed by atoms with Crippen LogP contribution in [-0.4, -0.2) is 150 Å². The van der Waals surface area contributed by atoms with Gasteiger partial charge in [-0.05, 0) is 56.9 Å². The monoisotopic (exact) mass is 1470 g/mol. The molecule has 0 spiro atoms. The number of nitrogens with zero attached hydrogens (tertiary/aromatic N) is 8. The minimum absolute atomic E-state index is 0.0221. The minimum atomic E-state index is -5.81. The number of carbonyl (C=O) groups is 2. The van der Waals surface area contributed by atoms with Gasteiger partial charge in [0.2, 0.25) is 5.91 Å². The molecular formula is C64H85N11O21P3S+. The average molecular weight is 1470 g/mol. The number of aromatic nitrogens is 4. The number of anilines is 3. The van der Waals surface area contributed by atoms with Crippen LogP contribution in [0.3, 0.4) is 0 Å². The lowest BCUT2D eigenvalue weighted by molar-refractivity contribution is -0.686. The number of allylic oxidation sites excluding steroid dienone is 6. The molecule has 0 bridgehead atoms. The van der Waals surface area contributed by atoms with E-state index in [1.54, 1.807) is 12.1 Å². The Morgan fingerprint density at radius 1 is 0.920 bits per heavy atom. The van der Waals surface area contributed by atoms with E-state index in [0.717, 1.165) is 68.1 Å². The third-order valence-corrected chi connectivity index (χ3v) is 21.0. The number of nitrogens with two attached hydrogens (primary N) is 1. The number of unbranched alkanes of at least 4 members (excludes halogenated alkanes) is 3. The summed E-state index contributed by atoms with van der Waals surface area (Å²) in [6.07, 6.45) is 18.7. The molecule has 7 rings (SSSR count). The number of benzene rings is 1. The number of amides is 2. The molecule has 542 valence electrons. The predicted octanol–water partition coefficient (Wildman–Crippen LogP) is 7.59. The Hall–Kier alpha value is -7.83. The highest BCUT2D eigenvalue weighted by atomic mass is 32.2. The second kappa shape index (κ2) is 36.2. The van der Waals surface area contributed by atoms with Crippen molar-refractivity contribution >= 4 is 73.9 Å². The number of ether oxygens (including phenoxy) is 6. The molecule has 1 fully saturated rings. The smallest absolute Gasteiger partial charge is 0.490 e. The number of likely N-dealkylation sites (N-methyl/N-ethyl adjacent to an activating group) is 1. The second-order valence-corrected chi connectivity index (χ2v) is 30.0. The van der Waals surface area contributed by atoms with Gasteiger partial charge in [-0.1, -0.05) is 88.0 Å². The van der Waals surface area contributed by atoms with Gasteiger partial charge < -0.3 is 73.8 Å². The van der Waals surface area contributed by atoms with Crippen LogP contribution >= 0.6 is 23.5 Å².